The Morgan fingerprint density at radius 1 is 1.25 bits per heavy atom. The van der Waals surface area contributed by atoms with Crippen molar-refractivity contribution >= 4 is 11.7 Å². The Morgan fingerprint density at radius 3 is 2.62 bits per heavy atom. The number of piperazine rings is 1. The fourth-order valence-corrected chi connectivity index (χ4v) is 3.62. The highest BCUT2D eigenvalue weighted by Gasteiger charge is 2.28. The minimum absolute atomic E-state index is 0.173. The summed E-state index contributed by atoms with van der Waals surface area (Å²) < 4.78 is 5.04. The Balaban J connectivity index is 1.60. The number of anilines is 1. The molecule has 0 unspecified atom stereocenters. The van der Waals surface area contributed by atoms with E-state index in [2.05, 4.69) is 14.9 Å². The monoisotopic (exact) mass is 334 g/mol. The third-order valence-electron chi connectivity index (χ3n) is 4.93. The summed E-state index contributed by atoms with van der Waals surface area (Å²) in [7, 11) is 1.57. The molecule has 2 heterocycles. The van der Waals surface area contributed by atoms with Crippen molar-refractivity contribution in [2.24, 2.45) is 5.92 Å². The smallest absolute Gasteiger partial charge is 0.253 e. The summed E-state index contributed by atoms with van der Waals surface area (Å²) >= 11 is 0. The lowest BCUT2D eigenvalue weighted by Crippen LogP contribution is -2.51. The molecule has 1 aliphatic heterocycles. The highest BCUT2D eigenvalue weighted by atomic mass is 16.5. The Kier molecular flexibility index (Phi) is 5.50. The van der Waals surface area contributed by atoms with E-state index < -0.39 is 0 Å². The Labute approximate surface area is 142 Å². The van der Waals surface area contributed by atoms with Crippen LogP contribution in [0, 0.1) is 5.92 Å². The van der Waals surface area contributed by atoms with E-state index in [1.165, 1.54) is 25.3 Å². The molecule has 0 radical (unpaired) electrons. The first-order valence-electron chi connectivity index (χ1n) is 8.80. The minimum Gasteiger partial charge on any atom is -0.377 e. The summed E-state index contributed by atoms with van der Waals surface area (Å²) in [5, 5.41) is 0. The van der Waals surface area contributed by atoms with Gasteiger partial charge in [0.1, 0.15) is 18.2 Å². The fraction of sp³-hybridized carbons (Fsp3) is 0.706. The number of carbonyl (C=O) groups excluding carboxylic acids is 1. The van der Waals surface area contributed by atoms with Crippen LogP contribution in [0.4, 0.5) is 5.82 Å². The first-order chi connectivity index (χ1) is 11.7. The number of amides is 1. The first-order valence-corrected chi connectivity index (χ1v) is 8.80. The van der Waals surface area contributed by atoms with Crippen LogP contribution in [-0.4, -0.2) is 54.1 Å². The van der Waals surface area contributed by atoms with Gasteiger partial charge in [-0.1, -0.05) is 19.3 Å². The van der Waals surface area contributed by atoms with E-state index in [4.69, 9.17) is 4.74 Å². The van der Waals surface area contributed by atoms with Crippen molar-refractivity contribution in [3.8, 4) is 0 Å². The lowest BCUT2D eigenvalue weighted by atomic mass is 9.88. The second-order valence-electron chi connectivity index (χ2n) is 6.63. The molecule has 7 nitrogen and oxygen atoms in total. The van der Waals surface area contributed by atoms with Gasteiger partial charge in [0.05, 0.1) is 0 Å². The zero-order valence-corrected chi connectivity index (χ0v) is 14.3. The summed E-state index contributed by atoms with van der Waals surface area (Å²) in [6.45, 7) is 3.10. The zero-order valence-electron chi connectivity index (χ0n) is 14.3. The highest BCUT2D eigenvalue weighted by molar-refractivity contribution is 5.79. The van der Waals surface area contributed by atoms with Gasteiger partial charge >= 0.3 is 0 Å². The van der Waals surface area contributed by atoms with Gasteiger partial charge in [-0.2, -0.15) is 0 Å². The molecule has 3 rings (SSSR count). The lowest BCUT2D eigenvalue weighted by molar-refractivity contribution is -0.136. The van der Waals surface area contributed by atoms with E-state index in [1.54, 1.807) is 7.11 Å². The van der Waals surface area contributed by atoms with Gasteiger partial charge in [-0.05, 0) is 12.8 Å². The quantitative estimate of drug-likeness (QED) is 0.893. The SMILES string of the molecule is COCc1nc(N2CCN(C(=O)C3CCCCC3)CC2)cc(=O)[nH]1. The largest absolute Gasteiger partial charge is 0.377 e. The van der Waals surface area contributed by atoms with Gasteiger partial charge in [0.25, 0.3) is 5.56 Å². The van der Waals surface area contributed by atoms with Crippen LogP contribution in [0.3, 0.4) is 0 Å². The summed E-state index contributed by atoms with van der Waals surface area (Å²) in [4.78, 5) is 35.5. The normalized spacial score (nSPS) is 19.5. The van der Waals surface area contributed by atoms with E-state index in [0.717, 1.165) is 12.8 Å². The average molecular weight is 334 g/mol. The number of aromatic nitrogens is 2. The molecule has 1 N–H and O–H groups in total. The van der Waals surface area contributed by atoms with Crippen molar-refractivity contribution in [2.45, 2.75) is 38.7 Å². The number of hydrogen-bond acceptors (Lipinski definition) is 5. The van der Waals surface area contributed by atoms with Gasteiger partial charge in [0, 0.05) is 45.3 Å². The van der Waals surface area contributed by atoms with Crippen molar-refractivity contribution in [3.63, 3.8) is 0 Å². The second-order valence-corrected chi connectivity index (χ2v) is 6.63. The van der Waals surface area contributed by atoms with E-state index in [0.29, 0.717) is 43.7 Å². The highest BCUT2D eigenvalue weighted by Crippen LogP contribution is 2.26. The zero-order chi connectivity index (χ0) is 16.9. The van der Waals surface area contributed by atoms with Gasteiger partial charge in [0.15, 0.2) is 0 Å². The van der Waals surface area contributed by atoms with Gasteiger partial charge in [-0.3, -0.25) is 9.59 Å². The summed E-state index contributed by atoms with van der Waals surface area (Å²) in [6, 6.07) is 1.51. The third-order valence-corrected chi connectivity index (χ3v) is 4.93. The van der Waals surface area contributed by atoms with Crippen LogP contribution in [0.1, 0.15) is 37.9 Å². The number of aromatic amines is 1. The number of carbonyl (C=O) groups is 1. The molecular weight excluding hydrogens is 308 g/mol. The van der Waals surface area contributed by atoms with Crippen LogP contribution in [-0.2, 0) is 16.1 Å². The minimum atomic E-state index is -0.173. The topological polar surface area (TPSA) is 78.5 Å². The Hall–Kier alpha value is -1.89. The standard InChI is InChI=1S/C17H26N4O3/c1-24-12-14-18-15(11-16(22)19-14)20-7-9-21(10-8-20)17(23)13-5-3-2-4-6-13/h11,13H,2-10,12H2,1H3,(H,18,19,22). The van der Waals surface area contributed by atoms with Crippen molar-refractivity contribution in [1.29, 1.82) is 0 Å². The molecule has 2 aliphatic rings. The summed E-state index contributed by atoms with van der Waals surface area (Å²) in [6.07, 6.45) is 5.68. The number of nitrogens with one attached hydrogen (secondary N) is 1. The van der Waals surface area contributed by atoms with Crippen LogP contribution >= 0.6 is 0 Å². The average Bonchev–Trinajstić information content (AvgIpc) is 2.62. The number of hydrogen-bond donors (Lipinski definition) is 1. The second kappa shape index (κ2) is 7.79. The maximum Gasteiger partial charge on any atom is 0.253 e. The first kappa shape index (κ1) is 17.0. The maximum atomic E-state index is 12.6. The van der Waals surface area contributed by atoms with Gasteiger partial charge in [-0.15, -0.1) is 0 Å². The molecule has 1 aromatic rings. The predicted molar refractivity (Wildman–Crippen MR) is 90.9 cm³/mol. The lowest BCUT2D eigenvalue weighted by Gasteiger charge is -2.37. The fourth-order valence-electron chi connectivity index (χ4n) is 3.62. The van der Waals surface area contributed by atoms with Crippen molar-refractivity contribution in [1.82, 2.24) is 14.9 Å². The number of ether oxygens (including phenoxy) is 1. The molecule has 1 saturated heterocycles. The molecule has 0 spiro atoms. The summed E-state index contributed by atoms with van der Waals surface area (Å²) in [5.41, 5.74) is -0.173. The van der Waals surface area contributed by atoms with Crippen molar-refractivity contribution in [2.75, 3.05) is 38.2 Å². The molecule has 24 heavy (non-hydrogen) atoms. The van der Waals surface area contributed by atoms with Crippen LogP contribution in [0.15, 0.2) is 10.9 Å². The molecule has 1 aromatic heterocycles. The van der Waals surface area contributed by atoms with Gasteiger partial charge < -0.3 is 19.5 Å². The summed E-state index contributed by atoms with van der Waals surface area (Å²) in [5.74, 6) is 1.72. The van der Waals surface area contributed by atoms with Gasteiger partial charge in [-0.25, -0.2) is 4.98 Å². The molecular formula is C17H26N4O3. The van der Waals surface area contributed by atoms with Gasteiger partial charge in [0.2, 0.25) is 5.91 Å². The molecule has 1 saturated carbocycles. The molecule has 2 fully saturated rings. The van der Waals surface area contributed by atoms with E-state index in [9.17, 15) is 9.59 Å². The van der Waals surface area contributed by atoms with Crippen molar-refractivity contribution in [3.05, 3.63) is 22.2 Å². The van der Waals surface area contributed by atoms with E-state index in [1.807, 2.05) is 4.90 Å². The predicted octanol–water partition coefficient (Wildman–Crippen LogP) is 1.15. The van der Waals surface area contributed by atoms with Crippen LogP contribution < -0.4 is 10.5 Å². The molecule has 0 atom stereocenters. The third kappa shape index (κ3) is 3.95. The Bertz CT molecular complexity index is 617. The van der Waals surface area contributed by atoms with E-state index in [-0.39, 0.29) is 18.1 Å². The van der Waals surface area contributed by atoms with Crippen molar-refractivity contribution < 1.29 is 9.53 Å². The maximum absolute atomic E-state index is 12.6. The van der Waals surface area contributed by atoms with E-state index >= 15 is 0 Å². The molecule has 7 heteroatoms. The number of nitrogens with zero attached hydrogens (tertiary/aromatic N) is 3. The van der Waals surface area contributed by atoms with Crippen LogP contribution in [0.2, 0.25) is 0 Å². The number of methoxy groups -OCH3 is 1. The number of rotatable bonds is 4. The molecule has 0 bridgehead atoms. The van der Waals surface area contributed by atoms with Crippen LogP contribution in [0.25, 0.3) is 0 Å². The number of H-pyrrole nitrogens is 1. The molecule has 0 aromatic carbocycles. The molecule has 132 valence electrons. The molecule has 1 aliphatic carbocycles. The molecule has 1 amide bonds. The van der Waals surface area contributed by atoms with Crippen LogP contribution in [0.5, 0.6) is 0 Å². The Morgan fingerprint density at radius 2 is 1.96 bits per heavy atom.